The van der Waals surface area contributed by atoms with Crippen LogP contribution in [0.2, 0.25) is 0 Å². The number of hydrogen-bond donors (Lipinski definition) is 1. The van der Waals surface area contributed by atoms with Gasteiger partial charge in [-0.1, -0.05) is 12.1 Å². The number of aromatic amines is 1. The van der Waals surface area contributed by atoms with Crippen molar-refractivity contribution in [3.8, 4) is 5.75 Å². The third kappa shape index (κ3) is 2.24. The van der Waals surface area contributed by atoms with Crippen molar-refractivity contribution in [3.63, 3.8) is 0 Å². The number of rotatable bonds is 3. The van der Waals surface area contributed by atoms with Crippen LogP contribution in [-0.2, 0) is 6.61 Å². The fraction of sp³-hybridized carbons (Fsp3) is 0.0714. The number of ether oxygens (including phenoxy) is 1. The molecule has 0 saturated heterocycles. The zero-order valence-electron chi connectivity index (χ0n) is 9.56. The highest BCUT2D eigenvalue weighted by atomic mass is 79.9. The summed E-state index contributed by atoms with van der Waals surface area (Å²) in [5.74, 6) is 0.773. The van der Waals surface area contributed by atoms with E-state index in [1.165, 1.54) is 5.39 Å². The van der Waals surface area contributed by atoms with Gasteiger partial charge in [-0.05, 0) is 40.2 Å². The van der Waals surface area contributed by atoms with Crippen molar-refractivity contribution in [2.75, 3.05) is 0 Å². The van der Waals surface area contributed by atoms with Crippen molar-refractivity contribution in [2.24, 2.45) is 0 Å². The first-order valence-electron chi connectivity index (χ1n) is 5.62. The van der Waals surface area contributed by atoms with Crippen LogP contribution in [0.15, 0.2) is 53.3 Å². The lowest BCUT2D eigenvalue weighted by Gasteiger charge is -2.02. The second-order valence-electron chi connectivity index (χ2n) is 3.98. The highest BCUT2D eigenvalue weighted by molar-refractivity contribution is 9.10. The Balaban J connectivity index is 1.81. The van der Waals surface area contributed by atoms with Gasteiger partial charge < -0.3 is 9.72 Å². The summed E-state index contributed by atoms with van der Waals surface area (Å²) in [6.45, 7) is 0.507. The molecule has 3 rings (SSSR count). The Hall–Kier alpha value is -1.81. The van der Waals surface area contributed by atoms with Gasteiger partial charge in [-0.3, -0.25) is 4.98 Å². The SMILES string of the molecule is Brc1cccc2cc(COc3cccnc3)[nH]c12. The summed E-state index contributed by atoms with van der Waals surface area (Å²) in [5, 5.41) is 1.18. The second-order valence-corrected chi connectivity index (χ2v) is 4.83. The van der Waals surface area contributed by atoms with Crippen LogP contribution in [0.4, 0.5) is 0 Å². The van der Waals surface area contributed by atoms with Gasteiger partial charge in [0.05, 0.1) is 17.4 Å². The molecule has 3 aromatic rings. The molecule has 0 saturated carbocycles. The number of nitrogens with zero attached hydrogens (tertiary/aromatic N) is 1. The number of halogens is 1. The number of para-hydroxylation sites is 1. The molecule has 3 nitrogen and oxygen atoms in total. The van der Waals surface area contributed by atoms with Gasteiger partial charge in [0.25, 0.3) is 0 Å². The number of H-pyrrole nitrogens is 1. The monoisotopic (exact) mass is 302 g/mol. The molecule has 0 aliphatic carbocycles. The number of aromatic nitrogens is 2. The van der Waals surface area contributed by atoms with E-state index in [1.807, 2.05) is 24.3 Å². The second kappa shape index (κ2) is 4.82. The Morgan fingerprint density at radius 2 is 2.17 bits per heavy atom. The molecule has 0 unspecified atom stereocenters. The molecule has 1 aromatic carbocycles. The minimum absolute atomic E-state index is 0.507. The van der Waals surface area contributed by atoms with E-state index in [-0.39, 0.29) is 0 Å². The van der Waals surface area contributed by atoms with Crippen LogP contribution in [0.5, 0.6) is 5.75 Å². The number of nitrogens with one attached hydrogen (secondary N) is 1. The molecule has 0 amide bonds. The first-order valence-corrected chi connectivity index (χ1v) is 6.41. The number of fused-ring (bicyclic) bond motifs is 1. The van der Waals surface area contributed by atoms with E-state index in [0.29, 0.717) is 6.61 Å². The third-order valence-electron chi connectivity index (χ3n) is 2.69. The van der Waals surface area contributed by atoms with Crippen LogP contribution in [0.1, 0.15) is 5.69 Å². The molecule has 0 aliphatic rings. The molecule has 0 spiro atoms. The molecule has 2 aromatic heterocycles. The summed E-state index contributed by atoms with van der Waals surface area (Å²) in [5.41, 5.74) is 2.14. The lowest BCUT2D eigenvalue weighted by atomic mass is 10.2. The van der Waals surface area contributed by atoms with Gasteiger partial charge in [-0.25, -0.2) is 0 Å². The van der Waals surface area contributed by atoms with Crippen molar-refractivity contribution in [1.29, 1.82) is 0 Å². The smallest absolute Gasteiger partial charge is 0.138 e. The summed E-state index contributed by atoms with van der Waals surface area (Å²) in [6.07, 6.45) is 3.44. The molecule has 4 heteroatoms. The maximum atomic E-state index is 5.65. The van der Waals surface area contributed by atoms with E-state index in [4.69, 9.17) is 4.74 Å². The van der Waals surface area contributed by atoms with Crippen molar-refractivity contribution in [3.05, 3.63) is 59.0 Å². The third-order valence-corrected chi connectivity index (χ3v) is 3.35. The summed E-state index contributed by atoms with van der Waals surface area (Å²) in [4.78, 5) is 7.35. The Kier molecular flexibility index (Phi) is 3.02. The van der Waals surface area contributed by atoms with Crippen molar-refractivity contribution in [2.45, 2.75) is 6.61 Å². The number of hydrogen-bond acceptors (Lipinski definition) is 2. The van der Waals surface area contributed by atoms with E-state index in [9.17, 15) is 0 Å². The molecule has 0 aliphatic heterocycles. The highest BCUT2D eigenvalue weighted by Gasteiger charge is 2.04. The predicted molar refractivity (Wildman–Crippen MR) is 74.6 cm³/mol. The lowest BCUT2D eigenvalue weighted by Crippen LogP contribution is -1.95. The molecular weight excluding hydrogens is 292 g/mol. The average molecular weight is 303 g/mol. The standard InChI is InChI=1S/C14H11BrN2O/c15-13-5-1-3-10-7-11(17-14(10)13)9-18-12-4-2-6-16-8-12/h1-8,17H,9H2. The van der Waals surface area contributed by atoms with Crippen molar-refractivity contribution < 1.29 is 4.74 Å². The van der Waals surface area contributed by atoms with Gasteiger partial charge in [-0.15, -0.1) is 0 Å². The van der Waals surface area contributed by atoms with Crippen LogP contribution in [0, 0.1) is 0 Å². The fourth-order valence-corrected chi connectivity index (χ4v) is 2.33. The van der Waals surface area contributed by atoms with Crippen LogP contribution in [-0.4, -0.2) is 9.97 Å². The van der Waals surface area contributed by atoms with Gasteiger partial charge in [0.15, 0.2) is 0 Å². The summed E-state index contributed by atoms with van der Waals surface area (Å²) >= 11 is 3.52. The van der Waals surface area contributed by atoms with E-state index in [1.54, 1.807) is 12.4 Å². The zero-order chi connectivity index (χ0) is 12.4. The van der Waals surface area contributed by atoms with Crippen LogP contribution in [0.3, 0.4) is 0 Å². The van der Waals surface area contributed by atoms with E-state index >= 15 is 0 Å². The van der Waals surface area contributed by atoms with Crippen molar-refractivity contribution in [1.82, 2.24) is 9.97 Å². The summed E-state index contributed by atoms with van der Waals surface area (Å²) < 4.78 is 6.72. The van der Waals surface area contributed by atoms with Gasteiger partial charge in [0.2, 0.25) is 0 Å². The van der Waals surface area contributed by atoms with Gasteiger partial charge in [-0.2, -0.15) is 0 Å². The summed E-state index contributed by atoms with van der Waals surface area (Å²) in [7, 11) is 0. The summed E-state index contributed by atoms with van der Waals surface area (Å²) in [6, 6.07) is 12.0. The Labute approximate surface area is 113 Å². The number of benzene rings is 1. The maximum Gasteiger partial charge on any atom is 0.138 e. The Morgan fingerprint density at radius 1 is 1.22 bits per heavy atom. The van der Waals surface area contributed by atoms with Gasteiger partial charge in [0, 0.05) is 16.1 Å². The molecule has 18 heavy (non-hydrogen) atoms. The number of pyridine rings is 1. The lowest BCUT2D eigenvalue weighted by molar-refractivity contribution is 0.301. The molecular formula is C14H11BrN2O. The minimum Gasteiger partial charge on any atom is -0.486 e. The highest BCUT2D eigenvalue weighted by Crippen LogP contribution is 2.24. The molecule has 0 bridgehead atoms. The normalized spacial score (nSPS) is 10.7. The first kappa shape index (κ1) is 11.3. The van der Waals surface area contributed by atoms with Crippen molar-refractivity contribution >= 4 is 26.8 Å². The fourth-order valence-electron chi connectivity index (χ4n) is 1.85. The average Bonchev–Trinajstić information content (AvgIpc) is 2.82. The first-order chi connectivity index (χ1) is 8.83. The van der Waals surface area contributed by atoms with Gasteiger partial charge in [0.1, 0.15) is 12.4 Å². The van der Waals surface area contributed by atoms with E-state index in [0.717, 1.165) is 21.4 Å². The molecule has 2 heterocycles. The quantitative estimate of drug-likeness (QED) is 0.796. The van der Waals surface area contributed by atoms with E-state index in [2.05, 4.69) is 38.0 Å². The molecule has 0 radical (unpaired) electrons. The predicted octanol–water partition coefficient (Wildman–Crippen LogP) is 3.90. The van der Waals surface area contributed by atoms with Crippen LogP contribution < -0.4 is 4.74 Å². The van der Waals surface area contributed by atoms with Crippen LogP contribution >= 0.6 is 15.9 Å². The van der Waals surface area contributed by atoms with E-state index < -0.39 is 0 Å². The largest absolute Gasteiger partial charge is 0.486 e. The Bertz CT molecular complexity index is 664. The topological polar surface area (TPSA) is 37.9 Å². The molecule has 0 atom stereocenters. The molecule has 1 N–H and O–H groups in total. The van der Waals surface area contributed by atoms with Gasteiger partial charge >= 0.3 is 0 Å². The molecule has 90 valence electrons. The maximum absolute atomic E-state index is 5.65. The van der Waals surface area contributed by atoms with Crippen LogP contribution in [0.25, 0.3) is 10.9 Å². The minimum atomic E-state index is 0.507. The molecule has 0 fully saturated rings. The Morgan fingerprint density at radius 3 is 2.94 bits per heavy atom. The zero-order valence-corrected chi connectivity index (χ0v) is 11.1.